The summed E-state index contributed by atoms with van der Waals surface area (Å²) in [7, 11) is 0. The number of amides is 2. The lowest BCUT2D eigenvalue weighted by molar-refractivity contribution is -0.132. The summed E-state index contributed by atoms with van der Waals surface area (Å²) in [5.41, 5.74) is 1.52. The highest BCUT2D eigenvalue weighted by Crippen LogP contribution is 2.15. The molecule has 0 bridgehead atoms. The van der Waals surface area contributed by atoms with Crippen molar-refractivity contribution in [3.05, 3.63) is 53.7 Å². The van der Waals surface area contributed by atoms with Gasteiger partial charge in [0.15, 0.2) is 0 Å². The van der Waals surface area contributed by atoms with Crippen LogP contribution in [0.15, 0.2) is 41.1 Å². The van der Waals surface area contributed by atoms with Gasteiger partial charge in [0.2, 0.25) is 5.91 Å². The van der Waals surface area contributed by atoms with Gasteiger partial charge in [-0.15, -0.1) is 0 Å². The molecule has 0 radical (unpaired) electrons. The van der Waals surface area contributed by atoms with E-state index in [-0.39, 0.29) is 17.9 Å². The van der Waals surface area contributed by atoms with E-state index in [0.29, 0.717) is 37.3 Å². The molecule has 6 nitrogen and oxygen atoms in total. The number of rotatable bonds is 5. The van der Waals surface area contributed by atoms with E-state index in [2.05, 4.69) is 10.3 Å². The minimum atomic E-state index is -0.105. The number of nitrogens with one attached hydrogen (secondary N) is 1. The van der Waals surface area contributed by atoms with E-state index < -0.39 is 0 Å². The van der Waals surface area contributed by atoms with Crippen molar-refractivity contribution >= 4 is 11.8 Å². The zero-order valence-electron chi connectivity index (χ0n) is 14.4. The van der Waals surface area contributed by atoms with E-state index in [1.54, 1.807) is 19.2 Å². The molecule has 1 N–H and O–H groups in total. The second kappa shape index (κ2) is 7.96. The van der Waals surface area contributed by atoms with Crippen molar-refractivity contribution in [1.29, 1.82) is 0 Å². The molecule has 3 heterocycles. The average Bonchev–Trinajstić information content (AvgIpc) is 3.07. The van der Waals surface area contributed by atoms with E-state index >= 15 is 0 Å². The van der Waals surface area contributed by atoms with Crippen molar-refractivity contribution in [2.75, 3.05) is 13.1 Å². The van der Waals surface area contributed by atoms with Gasteiger partial charge in [0.25, 0.3) is 5.91 Å². The number of likely N-dealkylation sites (tertiary alicyclic amines) is 1. The van der Waals surface area contributed by atoms with E-state index in [4.69, 9.17) is 4.42 Å². The molecule has 1 fully saturated rings. The summed E-state index contributed by atoms with van der Waals surface area (Å²) >= 11 is 0. The predicted molar refractivity (Wildman–Crippen MR) is 93.1 cm³/mol. The molecule has 2 aromatic heterocycles. The smallest absolute Gasteiger partial charge is 0.255 e. The topological polar surface area (TPSA) is 75.4 Å². The number of nitrogens with zero attached hydrogens (tertiary/aromatic N) is 2. The summed E-state index contributed by atoms with van der Waals surface area (Å²) in [5, 5.41) is 3.03. The zero-order chi connectivity index (χ0) is 17.6. The van der Waals surface area contributed by atoms with Crippen LogP contribution in [0.5, 0.6) is 0 Å². The van der Waals surface area contributed by atoms with Gasteiger partial charge in [-0.25, -0.2) is 0 Å². The van der Waals surface area contributed by atoms with Gasteiger partial charge in [-0.2, -0.15) is 0 Å². The molecular formula is C19H23N3O3. The zero-order valence-corrected chi connectivity index (χ0v) is 14.4. The monoisotopic (exact) mass is 341 g/mol. The Morgan fingerprint density at radius 2 is 2.08 bits per heavy atom. The first-order valence-electron chi connectivity index (χ1n) is 8.66. The SMILES string of the molecule is Cc1occc1C(=O)NC1CCN(C(=O)CCc2ccccn2)CC1. The number of hydrogen-bond acceptors (Lipinski definition) is 4. The Balaban J connectivity index is 1.43. The molecule has 2 aromatic rings. The number of carbonyl (C=O) groups is 2. The molecule has 3 rings (SSSR count). The average molecular weight is 341 g/mol. The number of aromatic nitrogens is 1. The molecule has 0 aromatic carbocycles. The maximum atomic E-state index is 12.3. The van der Waals surface area contributed by atoms with Gasteiger partial charge >= 0.3 is 0 Å². The van der Waals surface area contributed by atoms with Gasteiger partial charge < -0.3 is 14.6 Å². The Morgan fingerprint density at radius 1 is 1.28 bits per heavy atom. The van der Waals surface area contributed by atoms with Crippen LogP contribution < -0.4 is 5.32 Å². The number of hydrogen-bond donors (Lipinski definition) is 1. The van der Waals surface area contributed by atoms with Crippen LogP contribution in [0, 0.1) is 6.92 Å². The normalized spacial score (nSPS) is 15.2. The Hall–Kier alpha value is -2.63. The van der Waals surface area contributed by atoms with Gasteiger partial charge in [0, 0.05) is 37.4 Å². The van der Waals surface area contributed by atoms with Crippen LogP contribution in [0.3, 0.4) is 0 Å². The highest BCUT2D eigenvalue weighted by atomic mass is 16.3. The number of pyridine rings is 1. The van der Waals surface area contributed by atoms with E-state index in [1.165, 1.54) is 6.26 Å². The summed E-state index contributed by atoms with van der Waals surface area (Å²) in [6, 6.07) is 7.52. The lowest BCUT2D eigenvalue weighted by atomic mass is 10.0. The second-order valence-corrected chi connectivity index (χ2v) is 6.34. The molecule has 132 valence electrons. The molecule has 1 aliphatic rings. The molecule has 2 amide bonds. The maximum Gasteiger partial charge on any atom is 0.255 e. The quantitative estimate of drug-likeness (QED) is 0.906. The molecule has 1 saturated heterocycles. The summed E-state index contributed by atoms with van der Waals surface area (Å²) in [6.07, 6.45) is 5.96. The fraction of sp³-hybridized carbons (Fsp3) is 0.421. The van der Waals surface area contributed by atoms with Crippen LogP contribution in [0.4, 0.5) is 0 Å². The Bertz CT molecular complexity index is 719. The number of carbonyl (C=O) groups excluding carboxylic acids is 2. The van der Waals surface area contributed by atoms with E-state index in [1.807, 2.05) is 23.1 Å². The largest absolute Gasteiger partial charge is 0.469 e. The van der Waals surface area contributed by atoms with E-state index in [0.717, 1.165) is 18.5 Å². The van der Waals surface area contributed by atoms with Crippen molar-refractivity contribution < 1.29 is 14.0 Å². The van der Waals surface area contributed by atoms with Gasteiger partial charge in [0.05, 0.1) is 11.8 Å². The van der Waals surface area contributed by atoms with Crippen LogP contribution in [-0.4, -0.2) is 40.8 Å². The maximum absolute atomic E-state index is 12.3. The van der Waals surface area contributed by atoms with Crippen molar-refractivity contribution in [2.24, 2.45) is 0 Å². The number of furan rings is 1. The molecule has 0 aliphatic carbocycles. The fourth-order valence-corrected chi connectivity index (χ4v) is 3.10. The first-order valence-corrected chi connectivity index (χ1v) is 8.66. The first kappa shape index (κ1) is 17.2. The van der Waals surface area contributed by atoms with Crippen LogP contribution >= 0.6 is 0 Å². The third-order valence-electron chi connectivity index (χ3n) is 4.61. The van der Waals surface area contributed by atoms with Crippen LogP contribution in [0.1, 0.15) is 41.1 Å². The number of piperidine rings is 1. The van der Waals surface area contributed by atoms with Gasteiger partial charge in [-0.3, -0.25) is 14.6 Å². The number of aryl methyl sites for hydroxylation is 2. The van der Waals surface area contributed by atoms with Crippen LogP contribution in [-0.2, 0) is 11.2 Å². The highest BCUT2D eigenvalue weighted by molar-refractivity contribution is 5.95. The minimum Gasteiger partial charge on any atom is -0.469 e. The fourth-order valence-electron chi connectivity index (χ4n) is 3.10. The molecule has 0 saturated carbocycles. The van der Waals surface area contributed by atoms with Crippen LogP contribution in [0.2, 0.25) is 0 Å². The van der Waals surface area contributed by atoms with Gasteiger partial charge in [-0.05, 0) is 44.4 Å². The summed E-state index contributed by atoms with van der Waals surface area (Å²) in [6.45, 7) is 3.13. The predicted octanol–water partition coefficient (Wildman–Crippen LogP) is 2.34. The Labute approximate surface area is 147 Å². The van der Waals surface area contributed by atoms with Gasteiger partial charge in [0.1, 0.15) is 5.76 Å². The summed E-state index contributed by atoms with van der Waals surface area (Å²) in [5.74, 6) is 0.673. The second-order valence-electron chi connectivity index (χ2n) is 6.34. The molecular weight excluding hydrogens is 318 g/mol. The molecule has 0 atom stereocenters. The third kappa shape index (κ3) is 4.47. The molecule has 25 heavy (non-hydrogen) atoms. The lowest BCUT2D eigenvalue weighted by Crippen LogP contribution is -2.46. The molecule has 1 aliphatic heterocycles. The van der Waals surface area contributed by atoms with Crippen molar-refractivity contribution in [2.45, 2.75) is 38.6 Å². The standard InChI is InChI=1S/C19H23N3O3/c1-14-17(9-13-25-14)19(24)21-16-7-11-22(12-8-16)18(23)6-5-15-4-2-3-10-20-15/h2-4,9-10,13,16H,5-8,11-12H2,1H3,(H,21,24). The minimum absolute atomic E-state index is 0.0987. The van der Waals surface area contributed by atoms with E-state index in [9.17, 15) is 9.59 Å². The van der Waals surface area contributed by atoms with Gasteiger partial charge in [-0.1, -0.05) is 6.07 Å². The Morgan fingerprint density at radius 3 is 2.72 bits per heavy atom. The molecule has 0 spiro atoms. The Kier molecular flexibility index (Phi) is 5.48. The summed E-state index contributed by atoms with van der Waals surface area (Å²) < 4.78 is 5.17. The lowest BCUT2D eigenvalue weighted by Gasteiger charge is -2.32. The van der Waals surface area contributed by atoms with Crippen molar-refractivity contribution in [3.63, 3.8) is 0 Å². The van der Waals surface area contributed by atoms with Crippen molar-refractivity contribution in [1.82, 2.24) is 15.2 Å². The summed E-state index contributed by atoms with van der Waals surface area (Å²) in [4.78, 5) is 30.7. The first-order chi connectivity index (χ1) is 12.1. The molecule has 0 unspecified atom stereocenters. The highest BCUT2D eigenvalue weighted by Gasteiger charge is 2.24. The van der Waals surface area contributed by atoms with Crippen LogP contribution in [0.25, 0.3) is 0 Å². The third-order valence-corrected chi connectivity index (χ3v) is 4.61. The van der Waals surface area contributed by atoms with Crippen molar-refractivity contribution in [3.8, 4) is 0 Å². The molecule has 6 heteroatoms.